The maximum Gasteiger partial charge on any atom is 0.132 e. The van der Waals surface area contributed by atoms with E-state index in [9.17, 15) is 13.7 Å². The third kappa shape index (κ3) is 3.59. The molecule has 0 saturated heterocycles. The van der Waals surface area contributed by atoms with Crippen LogP contribution in [0.15, 0.2) is 29.6 Å². The minimum absolute atomic E-state index is 0.0387. The highest BCUT2D eigenvalue weighted by Gasteiger charge is 2.14. The predicted molar refractivity (Wildman–Crippen MR) is 64.3 cm³/mol. The Kier molecular flexibility index (Phi) is 5.38. The molecule has 0 radical (unpaired) electrons. The van der Waals surface area contributed by atoms with Gasteiger partial charge in [0, 0.05) is 11.1 Å². The molecule has 4 N–H and O–H groups in total. The fraction of sp³-hybridized carbons (Fsp3) is 0.333. The maximum atomic E-state index is 13.7. The molecular formula is C12H16F2N3O+. The van der Waals surface area contributed by atoms with E-state index >= 15 is 0 Å². The van der Waals surface area contributed by atoms with Crippen LogP contribution in [0.3, 0.4) is 0 Å². The third-order valence-electron chi connectivity index (χ3n) is 2.55. The Hall–Kier alpha value is -1.82. The third-order valence-corrected chi connectivity index (χ3v) is 2.55. The number of hydrogen-bond donors (Lipinski definition) is 2. The Bertz CT molecular complexity index is 449. The predicted octanol–water partition coefficient (Wildman–Crippen LogP) is 1.64. The summed E-state index contributed by atoms with van der Waals surface area (Å²) in [6.45, 7) is 1.94. The van der Waals surface area contributed by atoms with Gasteiger partial charge >= 0.3 is 0 Å². The van der Waals surface area contributed by atoms with Crippen molar-refractivity contribution in [3.8, 4) is 0 Å². The number of rotatable bonds is 6. The molecular weight excluding hydrogens is 240 g/mol. The lowest BCUT2D eigenvalue weighted by Gasteiger charge is -2.14. The Morgan fingerprint density at radius 2 is 2.17 bits per heavy atom. The van der Waals surface area contributed by atoms with Crippen molar-refractivity contribution in [2.75, 3.05) is 6.54 Å². The summed E-state index contributed by atoms with van der Waals surface area (Å²) in [6, 6.07) is 1.92. The highest BCUT2D eigenvalue weighted by atomic mass is 19.1. The van der Waals surface area contributed by atoms with Gasteiger partial charge in [-0.2, -0.15) is 4.91 Å². The summed E-state index contributed by atoms with van der Waals surface area (Å²) < 4.78 is 27.2. The molecule has 0 amide bonds. The lowest BCUT2D eigenvalue weighted by atomic mass is 10.0. The van der Waals surface area contributed by atoms with Gasteiger partial charge in [0.25, 0.3) is 0 Å². The molecule has 1 unspecified atom stereocenters. The van der Waals surface area contributed by atoms with Gasteiger partial charge in [-0.3, -0.25) is 0 Å². The van der Waals surface area contributed by atoms with Crippen LogP contribution in [0.2, 0.25) is 0 Å². The van der Waals surface area contributed by atoms with Crippen molar-refractivity contribution in [1.82, 2.24) is 5.32 Å². The Morgan fingerprint density at radius 3 is 2.78 bits per heavy atom. The van der Waals surface area contributed by atoms with Crippen LogP contribution in [0.1, 0.15) is 24.1 Å². The van der Waals surface area contributed by atoms with Gasteiger partial charge in [-0.25, -0.2) is 8.78 Å². The Labute approximate surface area is 104 Å². The van der Waals surface area contributed by atoms with Crippen LogP contribution in [-0.2, 0) is 6.54 Å². The average molecular weight is 256 g/mol. The summed E-state index contributed by atoms with van der Waals surface area (Å²) in [6.07, 6.45) is 3.00. The molecule has 0 aliphatic carbocycles. The topological polar surface area (TPSA) is 69.1 Å². The zero-order valence-corrected chi connectivity index (χ0v) is 10.1. The van der Waals surface area contributed by atoms with E-state index in [2.05, 4.69) is 16.2 Å². The van der Waals surface area contributed by atoms with E-state index in [1.165, 1.54) is 18.3 Å². The van der Waals surface area contributed by atoms with Gasteiger partial charge in [-0.1, -0.05) is 5.18 Å². The summed E-state index contributed by atoms with van der Waals surface area (Å²) in [5.74, 6) is -0.939. The fourth-order valence-corrected chi connectivity index (χ4v) is 1.52. The smallest absolute Gasteiger partial charge is 0.132 e. The van der Waals surface area contributed by atoms with Gasteiger partial charge < -0.3 is 11.1 Å². The molecule has 1 rings (SSSR count). The molecule has 0 aromatic heterocycles. The molecule has 6 heteroatoms. The number of nitrogens with one attached hydrogen (secondary N) is 1. The second kappa shape index (κ2) is 6.80. The molecule has 1 aromatic rings. The van der Waals surface area contributed by atoms with Gasteiger partial charge in [0.2, 0.25) is 0 Å². The summed E-state index contributed by atoms with van der Waals surface area (Å²) in [5, 5.41) is 5.48. The minimum atomic E-state index is -0.475. The zero-order valence-electron chi connectivity index (χ0n) is 10.1. The van der Waals surface area contributed by atoms with Gasteiger partial charge in [-0.05, 0) is 31.3 Å². The van der Waals surface area contributed by atoms with Gasteiger partial charge in [0.1, 0.15) is 24.7 Å². The SMILES string of the molecule is CC(N/C=C\CN=O)c1cc(F)c(C[NH3+])cc1F. The highest BCUT2D eigenvalue weighted by Crippen LogP contribution is 2.20. The number of quaternary nitrogens is 1. The molecule has 1 atom stereocenters. The zero-order chi connectivity index (χ0) is 13.5. The molecule has 0 fully saturated rings. The van der Waals surface area contributed by atoms with Crippen LogP contribution in [-0.4, -0.2) is 6.54 Å². The number of benzene rings is 1. The van der Waals surface area contributed by atoms with E-state index < -0.39 is 17.7 Å². The molecule has 0 aliphatic heterocycles. The van der Waals surface area contributed by atoms with Crippen molar-refractivity contribution in [1.29, 1.82) is 0 Å². The first-order valence-corrected chi connectivity index (χ1v) is 5.57. The minimum Gasteiger partial charge on any atom is -0.384 e. The highest BCUT2D eigenvalue weighted by molar-refractivity contribution is 5.28. The molecule has 0 saturated carbocycles. The van der Waals surface area contributed by atoms with Gasteiger partial charge in [-0.15, -0.1) is 0 Å². The monoisotopic (exact) mass is 256 g/mol. The van der Waals surface area contributed by atoms with Crippen LogP contribution in [0.5, 0.6) is 0 Å². The van der Waals surface area contributed by atoms with Gasteiger partial charge in [0.15, 0.2) is 0 Å². The van der Waals surface area contributed by atoms with Crippen molar-refractivity contribution in [2.24, 2.45) is 5.18 Å². The Balaban J connectivity index is 2.82. The molecule has 0 bridgehead atoms. The maximum absolute atomic E-state index is 13.7. The van der Waals surface area contributed by atoms with Crippen molar-refractivity contribution < 1.29 is 14.5 Å². The summed E-state index contributed by atoms with van der Waals surface area (Å²) in [5.41, 5.74) is 4.01. The standard InChI is InChI=1S/C12H15F2N3O/c1-8(16-3-2-4-17-18)10-6-11(13)9(7-15)5-12(10)14/h2-3,5-6,8,16H,4,7,15H2,1H3/p+1/b3-2-. The van der Waals surface area contributed by atoms with Crippen molar-refractivity contribution >= 4 is 0 Å². The summed E-state index contributed by atoms with van der Waals surface area (Å²) in [4.78, 5) is 9.84. The van der Waals surface area contributed by atoms with Gasteiger partial charge in [0.05, 0.1) is 6.04 Å². The number of hydrogen-bond acceptors (Lipinski definition) is 3. The van der Waals surface area contributed by atoms with E-state index in [1.54, 1.807) is 6.92 Å². The number of halogens is 2. The van der Waals surface area contributed by atoms with Crippen molar-refractivity contribution in [2.45, 2.75) is 19.5 Å². The van der Waals surface area contributed by atoms with E-state index in [0.29, 0.717) is 0 Å². The van der Waals surface area contributed by atoms with Crippen LogP contribution in [0, 0.1) is 16.5 Å². The summed E-state index contributed by atoms with van der Waals surface area (Å²) in [7, 11) is 0. The molecule has 0 spiro atoms. The van der Waals surface area contributed by atoms with E-state index in [4.69, 9.17) is 0 Å². The largest absolute Gasteiger partial charge is 0.384 e. The normalized spacial score (nSPS) is 12.7. The second-order valence-electron chi connectivity index (χ2n) is 3.82. The van der Waals surface area contributed by atoms with E-state index in [1.807, 2.05) is 0 Å². The quantitative estimate of drug-likeness (QED) is 0.760. The molecule has 4 nitrogen and oxygen atoms in total. The Morgan fingerprint density at radius 1 is 1.44 bits per heavy atom. The molecule has 98 valence electrons. The number of nitroso groups, excluding NO2 is 1. The van der Waals surface area contributed by atoms with Crippen LogP contribution < -0.4 is 11.1 Å². The molecule has 18 heavy (non-hydrogen) atoms. The first-order valence-electron chi connectivity index (χ1n) is 5.57. The second-order valence-corrected chi connectivity index (χ2v) is 3.82. The fourth-order valence-electron chi connectivity index (χ4n) is 1.52. The molecule has 0 aliphatic rings. The lowest BCUT2D eigenvalue weighted by Crippen LogP contribution is -2.47. The number of nitrogens with zero attached hydrogens (tertiary/aromatic N) is 1. The van der Waals surface area contributed by atoms with Crippen LogP contribution in [0.25, 0.3) is 0 Å². The van der Waals surface area contributed by atoms with Crippen molar-refractivity contribution in [3.63, 3.8) is 0 Å². The molecule has 0 heterocycles. The first kappa shape index (κ1) is 14.2. The van der Waals surface area contributed by atoms with Crippen LogP contribution >= 0.6 is 0 Å². The van der Waals surface area contributed by atoms with E-state index in [0.717, 1.165) is 6.07 Å². The first-order chi connectivity index (χ1) is 8.60. The lowest BCUT2D eigenvalue weighted by molar-refractivity contribution is -0.387. The van der Waals surface area contributed by atoms with E-state index in [-0.39, 0.29) is 24.2 Å². The van der Waals surface area contributed by atoms with Crippen molar-refractivity contribution in [3.05, 3.63) is 52.1 Å². The summed E-state index contributed by atoms with van der Waals surface area (Å²) >= 11 is 0. The average Bonchev–Trinajstić information content (AvgIpc) is 2.36. The van der Waals surface area contributed by atoms with Crippen LogP contribution in [0.4, 0.5) is 8.78 Å². The molecule has 1 aromatic carbocycles.